The molecule has 42 heavy (non-hydrogen) atoms. The van der Waals surface area contributed by atoms with Crippen LogP contribution in [0.2, 0.25) is 0 Å². The van der Waals surface area contributed by atoms with Crippen LogP contribution in [0.3, 0.4) is 0 Å². The number of hydrogen-bond acceptors (Lipinski definition) is 10. The van der Waals surface area contributed by atoms with Crippen LogP contribution in [0.15, 0.2) is 112 Å². The number of nitrogens with one attached hydrogen (secondary N) is 3. The van der Waals surface area contributed by atoms with Gasteiger partial charge in [0.05, 0.1) is 29.1 Å². The van der Waals surface area contributed by atoms with Crippen LogP contribution in [0.1, 0.15) is 12.5 Å². The van der Waals surface area contributed by atoms with Crippen LogP contribution in [0, 0.1) is 10.1 Å². The Morgan fingerprint density at radius 2 is 1.67 bits per heavy atom. The molecule has 0 bridgehead atoms. The molecule has 2 aromatic heterocycles. The number of pyridine rings is 1. The first-order chi connectivity index (χ1) is 20.6. The van der Waals surface area contributed by atoms with Crippen LogP contribution in [-0.2, 0) is 0 Å². The van der Waals surface area contributed by atoms with Crippen molar-refractivity contribution in [2.24, 2.45) is 15.1 Å². The van der Waals surface area contributed by atoms with Crippen LogP contribution in [0.5, 0.6) is 17.4 Å². The second kappa shape index (κ2) is 13.3. The lowest BCUT2D eigenvalue weighted by atomic mass is 10.2. The average molecular weight is 564 g/mol. The number of aromatic nitrogens is 4. The smallest absolute Gasteiger partial charge is 0.287 e. The molecule has 5 aromatic rings. The van der Waals surface area contributed by atoms with Crippen molar-refractivity contribution in [3.8, 4) is 17.4 Å². The first-order valence-electron chi connectivity index (χ1n) is 12.8. The van der Waals surface area contributed by atoms with E-state index in [1.54, 1.807) is 24.4 Å². The van der Waals surface area contributed by atoms with Crippen LogP contribution >= 0.6 is 0 Å². The van der Waals surface area contributed by atoms with E-state index in [0.717, 1.165) is 17.6 Å². The molecule has 0 saturated carbocycles. The predicted molar refractivity (Wildman–Crippen MR) is 156 cm³/mol. The van der Waals surface area contributed by atoms with Crippen molar-refractivity contribution in [1.29, 1.82) is 0 Å². The molecule has 0 saturated heterocycles. The summed E-state index contributed by atoms with van der Waals surface area (Å²) >= 11 is 0. The highest BCUT2D eigenvalue weighted by atomic mass is 16.6. The molecular formula is C29H25N9O4. The summed E-state index contributed by atoms with van der Waals surface area (Å²) in [6.45, 7) is 2.24. The topological polar surface area (TPSA) is 168 Å². The lowest BCUT2D eigenvalue weighted by Gasteiger charge is -2.11. The third-order valence-electron chi connectivity index (χ3n) is 5.47. The van der Waals surface area contributed by atoms with E-state index in [-0.39, 0.29) is 11.6 Å². The quantitative estimate of drug-likeness (QED) is 0.120. The normalized spacial score (nSPS) is 11.9. The number of hydrogen-bond donors (Lipinski definition) is 3. The third kappa shape index (κ3) is 7.51. The number of ether oxygens (including phenoxy) is 2. The van der Waals surface area contributed by atoms with Gasteiger partial charge in [0.25, 0.3) is 5.69 Å². The minimum Gasteiger partial charge on any atom is -0.490 e. The Balaban J connectivity index is 1.38. The summed E-state index contributed by atoms with van der Waals surface area (Å²) in [5, 5.41) is 15.2. The molecule has 13 nitrogen and oxygen atoms in total. The minimum atomic E-state index is -0.525. The molecule has 0 radical (unpaired) electrons. The molecule has 3 N–H and O–H groups in total. The van der Waals surface area contributed by atoms with Crippen LogP contribution in [-0.4, -0.2) is 37.7 Å². The molecule has 0 aliphatic carbocycles. The molecule has 5 rings (SSSR count). The van der Waals surface area contributed by atoms with E-state index < -0.39 is 4.92 Å². The zero-order chi connectivity index (χ0) is 29.1. The second-order valence-electron chi connectivity index (χ2n) is 8.50. The number of H-pyrrole nitrogens is 2. The van der Waals surface area contributed by atoms with Gasteiger partial charge in [-0.05, 0) is 55.0 Å². The van der Waals surface area contributed by atoms with Crippen molar-refractivity contribution >= 4 is 29.2 Å². The summed E-state index contributed by atoms with van der Waals surface area (Å²) in [7, 11) is 0. The standard InChI is InChI=1S/C29H25N9O4/c1-2-41-25-17-20(13-15-24(25)42-26-16-14-23(19-30-26)38(39)40)18-31-37-29-35-27(32-21-9-5-3-6-10-21)34-28(36-29)33-22-11-7-4-8-12-22/h3-19H,2H2,1H3,(H3,32,33,34,35,36,37)/b31-18+. The van der Waals surface area contributed by atoms with E-state index in [2.05, 4.69) is 40.4 Å². The van der Waals surface area contributed by atoms with Crippen molar-refractivity contribution in [2.45, 2.75) is 6.92 Å². The fourth-order valence-corrected chi connectivity index (χ4v) is 3.61. The Labute approximate surface area is 239 Å². The minimum absolute atomic E-state index is 0.129. The van der Waals surface area contributed by atoms with Crippen LogP contribution < -0.4 is 26.1 Å². The van der Waals surface area contributed by atoms with Gasteiger partial charge in [-0.15, -0.1) is 0 Å². The Morgan fingerprint density at radius 3 is 2.33 bits per heavy atom. The van der Waals surface area contributed by atoms with E-state index in [1.165, 1.54) is 12.1 Å². The monoisotopic (exact) mass is 563 g/mol. The molecule has 0 amide bonds. The number of anilines is 1. The zero-order valence-corrected chi connectivity index (χ0v) is 22.3. The SMILES string of the molecule is CCOc1cc(/C=N/Nc2nc(=Nc3ccccc3)[nH]c(=Nc3ccccc3)[nH]2)ccc1Oc1ccc([N+](=O)[O-])cn1. The Bertz CT molecular complexity index is 1750. The highest BCUT2D eigenvalue weighted by Crippen LogP contribution is 2.32. The average Bonchev–Trinajstić information content (AvgIpc) is 3.00. The van der Waals surface area contributed by atoms with Gasteiger partial charge in [-0.25, -0.2) is 20.4 Å². The second-order valence-corrected chi connectivity index (χ2v) is 8.50. The first kappa shape index (κ1) is 27.5. The maximum absolute atomic E-state index is 10.9. The van der Waals surface area contributed by atoms with Crippen molar-refractivity contribution in [1.82, 2.24) is 19.9 Å². The van der Waals surface area contributed by atoms with Gasteiger partial charge in [0, 0.05) is 12.1 Å². The number of benzene rings is 3. The highest BCUT2D eigenvalue weighted by Gasteiger charge is 2.10. The number of rotatable bonds is 10. The lowest BCUT2D eigenvalue weighted by Crippen LogP contribution is -2.28. The number of aromatic amines is 2. The fourth-order valence-electron chi connectivity index (χ4n) is 3.61. The molecular weight excluding hydrogens is 538 g/mol. The van der Waals surface area contributed by atoms with E-state index >= 15 is 0 Å². The van der Waals surface area contributed by atoms with Gasteiger partial charge in [0.2, 0.25) is 23.1 Å². The maximum Gasteiger partial charge on any atom is 0.287 e. The maximum atomic E-state index is 10.9. The number of nitro groups is 1. The molecule has 210 valence electrons. The summed E-state index contributed by atoms with van der Waals surface area (Å²) in [4.78, 5) is 34.1. The first-order valence-corrected chi connectivity index (χ1v) is 12.8. The van der Waals surface area contributed by atoms with E-state index in [4.69, 9.17) is 9.47 Å². The van der Waals surface area contributed by atoms with Gasteiger partial charge in [0.1, 0.15) is 6.20 Å². The molecule has 0 unspecified atom stereocenters. The third-order valence-corrected chi connectivity index (χ3v) is 5.47. The van der Waals surface area contributed by atoms with Crippen molar-refractivity contribution in [3.05, 3.63) is 124 Å². The summed E-state index contributed by atoms with van der Waals surface area (Å²) in [5.41, 5.74) is 5.68. The number of para-hydroxylation sites is 2. The Kier molecular flexibility index (Phi) is 8.69. The summed E-state index contributed by atoms with van der Waals surface area (Å²) in [5.74, 6) is 1.36. The van der Waals surface area contributed by atoms with Crippen molar-refractivity contribution in [3.63, 3.8) is 0 Å². The molecule has 0 spiro atoms. The fraction of sp³-hybridized carbons (Fsp3) is 0.0690. The number of hydrazone groups is 1. The molecule has 0 aliphatic heterocycles. The summed E-state index contributed by atoms with van der Waals surface area (Å²) in [6, 6.07) is 26.9. The van der Waals surface area contributed by atoms with Crippen LogP contribution in [0.25, 0.3) is 0 Å². The molecule has 2 heterocycles. The Hall–Kier alpha value is -6.11. The number of nitrogens with zero attached hydrogens (tertiary/aromatic N) is 6. The van der Waals surface area contributed by atoms with E-state index in [1.807, 2.05) is 67.6 Å². The molecule has 0 atom stereocenters. The van der Waals surface area contributed by atoms with E-state index in [9.17, 15) is 10.1 Å². The van der Waals surface area contributed by atoms with Gasteiger partial charge in [-0.2, -0.15) is 10.1 Å². The van der Waals surface area contributed by atoms with Crippen molar-refractivity contribution in [2.75, 3.05) is 12.0 Å². The van der Waals surface area contributed by atoms with Gasteiger partial charge in [-0.3, -0.25) is 20.1 Å². The van der Waals surface area contributed by atoms with E-state index in [0.29, 0.717) is 40.9 Å². The molecule has 13 heteroatoms. The largest absolute Gasteiger partial charge is 0.490 e. The summed E-state index contributed by atoms with van der Waals surface area (Å²) < 4.78 is 11.5. The molecule has 0 aliphatic rings. The molecule has 3 aromatic carbocycles. The predicted octanol–water partition coefficient (Wildman–Crippen LogP) is 5.14. The van der Waals surface area contributed by atoms with Gasteiger partial charge in [-0.1, -0.05) is 36.4 Å². The van der Waals surface area contributed by atoms with Crippen LogP contribution in [0.4, 0.5) is 23.0 Å². The van der Waals surface area contributed by atoms with Crippen molar-refractivity contribution < 1.29 is 14.4 Å². The van der Waals surface area contributed by atoms with Gasteiger partial charge < -0.3 is 9.47 Å². The van der Waals surface area contributed by atoms with Gasteiger partial charge >= 0.3 is 0 Å². The summed E-state index contributed by atoms with van der Waals surface area (Å²) in [6.07, 6.45) is 2.72. The highest BCUT2D eigenvalue weighted by molar-refractivity contribution is 5.81. The zero-order valence-electron chi connectivity index (χ0n) is 22.3. The lowest BCUT2D eigenvalue weighted by molar-refractivity contribution is -0.385. The molecule has 0 fully saturated rings. The Morgan fingerprint density at radius 1 is 0.929 bits per heavy atom. The van der Waals surface area contributed by atoms with Gasteiger partial charge in [0.15, 0.2) is 11.5 Å².